The van der Waals surface area contributed by atoms with Gasteiger partial charge in [-0.25, -0.2) is 8.42 Å². The van der Waals surface area contributed by atoms with Gasteiger partial charge >= 0.3 is 0 Å². The first-order valence-electron chi connectivity index (χ1n) is 5.89. The van der Waals surface area contributed by atoms with E-state index in [9.17, 15) is 13.2 Å². The minimum Gasteiger partial charge on any atom is -0.334 e. The lowest BCUT2D eigenvalue weighted by Crippen LogP contribution is -2.41. The number of aryl methyl sites for hydroxylation is 1. The topological polar surface area (TPSA) is 54.5 Å². The summed E-state index contributed by atoms with van der Waals surface area (Å²) in [6, 6.07) is -0.369. The number of halogens is 1. The van der Waals surface area contributed by atoms with Crippen LogP contribution in [-0.4, -0.2) is 43.8 Å². The van der Waals surface area contributed by atoms with Gasteiger partial charge < -0.3 is 4.90 Å². The number of sulfone groups is 1. The Balaban J connectivity index is 2.97. The Hall–Kier alpha value is -0.590. The Morgan fingerprint density at radius 2 is 2.11 bits per heavy atom. The summed E-state index contributed by atoms with van der Waals surface area (Å²) in [6.45, 7) is 5.84. The van der Waals surface area contributed by atoms with Crippen LogP contribution in [0.3, 0.4) is 0 Å². The first-order valence-corrected chi connectivity index (χ1v) is 9.21. The number of rotatable bonds is 5. The fourth-order valence-electron chi connectivity index (χ4n) is 1.89. The average molecular weight is 324 g/mol. The molecular formula is C12H18ClNO3S2. The molecule has 0 aliphatic heterocycles. The third kappa shape index (κ3) is 4.19. The Kier molecular flexibility index (Phi) is 5.41. The molecule has 0 N–H and O–H groups in total. The summed E-state index contributed by atoms with van der Waals surface area (Å²) < 4.78 is 22.7. The maximum atomic E-state index is 12.4. The van der Waals surface area contributed by atoms with Crippen LogP contribution in [0.25, 0.3) is 0 Å². The normalized spacial score (nSPS) is 13.3. The molecule has 19 heavy (non-hydrogen) atoms. The van der Waals surface area contributed by atoms with Gasteiger partial charge in [-0.2, -0.15) is 0 Å². The maximum Gasteiger partial charge on any atom is 0.265 e. The van der Waals surface area contributed by atoms with Crippen LogP contribution in [0.1, 0.15) is 29.1 Å². The minimum absolute atomic E-state index is 0.0471. The molecule has 1 atom stereocenters. The van der Waals surface area contributed by atoms with Crippen molar-refractivity contribution in [3.63, 3.8) is 0 Å². The fourth-order valence-corrected chi connectivity index (χ4v) is 4.17. The first-order chi connectivity index (χ1) is 8.67. The average Bonchev–Trinajstić information content (AvgIpc) is 2.58. The van der Waals surface area contributed by atoms with Crippen molar-refractivity contribution in [2.45, 2.75) is 26.8 Å². The smallest absolute Gasteiger partial charge is 0.265 e. The molecule has 0 bridgehead atoms. The van der Waals surface area contributed by atoms with Crippen LogP contribution in [0.5, 0.6) is 0 Å². The molecule has 0 spiro atoms. The molecule has 0 fully saturated rings. The molecule has 0 aliphatic carbocycles. The van der Waals surface area contributed by atoms with Crippen molar-refractivity contribution in [2.24, 2.45) is 0 Å². The summed E-state index contributed by atoms with van der Waals surface area (Å²) in [5, 5.41) is 2.28. The predicted molar refractivity (Wildman–Crippen MR) is 79.9 cm³/mol. The second-order valence-electron chi connectivity index (χ2n) is 4.59. The zero-order valence-electron chi connectivity index (χ0n) is 11.4. The van der Waals surface area contributed by atoms with E-state index in [1.807, 2.05) is 19.2 Å². The molecule has 1 aromatic heterocycles. The zero-order valence-corrected chi connectivity index (χ0v) is 13.8. The highest BCUT2D eigenvalue weighted by atomic mass is 35.5. The van der Waals surface area contributed by atoms with Crippen LogP contribution >= 0.6 is 22.9 Å². The van der Waals surface area contributed by atoms with Gasteiger partial charge in [0.2, 0.25) is 0 Å². The maximum absolute atomic E-state index is 12.4. The molecule has 1 heterocycles. The second kappa shape index (κ2) is 6.24. The van der Waals surface area contributed by atoms with Crippen LogP contribution in [-0.2, 0) is 9.84 Å². The van der Waals surface area contributed by atoms with Crippen molar-refractivity contribution in [2.75, 3.05) is 18.6 Å². The van der Waals surface area contributed by atoms with E-state index < -0.39 is 9.84 Å². The quantitative estimate of drug-likeness (QED) is 0.837. The van der Waals surface area contributed by atoms with E-state index in [0.717, 1.165) is 5.56 Å². The highest BCUT2D eigenvalue weighted by Crippen LogP contribution is 2.28. The van der Waals surface area contributed by atoms with E-state index in [1.165, 1.54) is 22.5 Å². The molecule has 0 aliphatic rings. The van der Waals surface area contributed by atoms with Gasteiger partial charge in [-0.3, -0.25) is 4.79 Å². The van der Waals surface area contributed by atoms with E-state index in [1.54, 1.807) is 6.92 Å². The third-order valence-corrected chi connectivity index (χ3v) is 5.54. The summed E-state index contributed by atoms with van der Waals surface area (Å²) in [5.74, 6) is -0.254. The molecular weight excluding hydrogens is 306 g/mol. The summed E-state index contributed by atoms with van der Waals surface area (Å²) in [4.78, 5) is 14.4. The molecule has 108 valence electrons. The Bertz CT molecular complexity index is 566. The van der Waals surface area contributed by atoms with Crippen molar-refractivity contribution in [3.8, 4) is 0 Å². The Morgan fingerprint density at radius 1 is 1.53 bits per heavy atom. The number of thiophene rings is 1. The number of amides is 1. The summed E-state index contributed by atoms with van der Waals surface area (Å²) in [7, 11) is -3.12. The molecule has 0 unspecified atom stereocenters. The van der Waals surface area contributed by atoms with Crippen LogP contribution < -0.4 is 0 Å². The summed E-state index contributed by atoms with van der Waals surface area (Å²) >= 11 is 7.38. The number of nitrogens with zero attached hydrogens (tertiary/aromatic N) is 1. The van der Waals surface area contributed by atoms with Gasteiger partial charge in [0, 0.05) is 18.8 Å². The van der Waals surface area contributed by atoms with Crippen LogP contribution in [0, 0.1) is 6.92 Å². The number of carbonyl (C=O) groups excluding carboxylic acids is 1. The van der Waals surface area contributed by atoms with E-state index >= 15 is 0 Å². The lowest BCUT2D eigenvalue weighted by atomic mass is 10.2. The highest BCUT2D eigenvalue weighted by Gasteiger charge is 2.25. The molecule has 0 aromatic carbocycles. The lowest BCUT2D eigenvalue weighted by Gasteiger charge is -2.27. The van der Waals surface area contributed by atoms with Gasteiger partial charge in [-0.1, -0.05) is 11.6 Å². The molecule has 1 amide bonds. The van der Waals surface area contributed by atoms with Crippen molar-refractivity contribution in [3.05, 3.63) is 20.8 Å². The summed E-state index contributed by atoms with van der Waals surface area (Å²) in [6.07, 6.45) is 1.17. The second-order valence-corrected chi connectivity index (χ2v) is 8.04. The van der Waals surface area contributed by atoms with Gasteiger partial charge in [0.25, 0.3) is 5.91 Å². The predicted octanol–water partition coefficient (Wildman–Crippen LogP) is 2.61. The van der Waals surface area contributed by atoms with Crippen LogP contribution in [0.2, 0.25) is 5.02 Å². The van der Waals surface area contributed by atoms with Crippen LogP contribution in [0.4, 0.5) is 0 Å². The van der Waals surface area contributed by atoms with Gasteiger partial charge in [0.15, 0.2) is 0 Å². The van der Waals surface area contributed by atoms with Crippen molar-refractivity contribution < 1.29 is 13.2 Å². The van der Waals surface area contributed by atoms with Crippen LogP contribution in [0.15, 0.2) is 5.38 Å². The lowest BCUT2D eigenvalue weighted by molar-refractivity contribution is 0.0724. The van der Waals surface area contributed by atoms with Gasteiger partial charge in [0.05, 0.1) is 10.8 Å². The van der Waals surface area contributed by atoms with Gasteiger partial charge in [-0.15, -0.1) is 11.3 Å². The molecule has 7 heteroatoms. The largest absolute Gasteiger partial charge is 0.334 e. The Labute approximate surface area is 123 Å². The Morgan fingerprint density at radius 3 is 2.47 bits per heavy atom. The van der Waals surface area contributed by atoms with E-state index in [4.69, 9.17) is 11.6 Å². The highest BCUT2D eigenvalue weighted by molar-refractivity contribution is 7.90. The first kappa shape index (κ1) is 16.5. The number of carbonyl (C=O) groups is 1. The number of hydrogen-bond donors (Lipinski definition) is 0. The van der Waals surface area contributed by atoms with E-state index in [0.29, 0.717) is 16.4 Å². The minimum atomic E-state index is -3.12. The molecule has 0 saturated carbocycles. The standard InChI is InChI=1S/C12H18ClNO3S2/c1-5-14(9(3)7-19(4,16)17)12(15)11-10(13)8(2)6-18-11/h6,9H,5,7H2,1-4H3/t9-/m0/s1. The van der Waals surface area contributed by atoms with Crippen molar-refractivity contribution >= 4 is 38.7 Å². The molecule has 1 aromatic rings. The third-order valence-electron chi connectivity index (χ3n) is 2.77. The van der Waals surface area contributed by atoms with Crippen molar-refractivity contribution in [1.29, 1.82) is 0 Å². The number of hydrogen-bond acceptors (Lipinski definition) is 4. The van der Waals surface area contributed by atoms with Crippen molar-refractivity contribution in [1.82, 2.24) is 4.90 Å². The molecule has 4 nitrogen and oxygen atoms in total. The SMILES string of the molecule is CCN(C(=O)c1scc(C)c1Cl)[C@@H](C)CS(C)(=O)=O. The molecule has 0 radical (unpaired) electrons. The zero-order chi connectivity index (χ0) is 14.8. The van der Waals surface area contributed by atoms with Gasteiger partial charge in [-0.05, 0) is 31.7 Å². The molecule has 0 saturated heterocycles. The summed E-state index contributed by atoms with van der Waals surface area (Å²) in [5.41, 5.74) is 0.863. The van der Waals surface area contributed by atoms with E-state index in [2.05, 4.69) is 0 Å². The van der Waals surface area contributed by atoms with E-state index in [-0.39, 0.29) is 17.7 Å². The van der Waals surface area contributed by atoms with Gasteiger partial charge in [0.1, 0.15) is 14.7 Å². The molecule has 1 rings (SSSR count). The monoisotopic (exact) mass is 323 g/mol. The fraction of sp³-hybridized carbons (Fsp3) is 0.583.